The predicted octanol–water partition coefficient (Wildman–Crippen LogP) is 1.58. The maximum atomic E-state index is 12.4. The summed E-state index contributed by atoms with van der Waals surface area (Å²) in [5.41, 5.74) is 0. The second kappa shape index (κ2) is 6.35. The highest BCUT2D eigenvalue weighted by molar-refractivity contribution is 7.89. The molecule has 0 radical (unpaired) electrons. The molecular weight excluding hydrogens is 248 g/mol. The highest BCUT2D eigenvalue weighted by Crippen LogP contribution is 2.26. The van der Waals surface area contributed by atoms with Crippen LogP contribution in [0.15, 0.2) is 0 Å². The van der Waals surface area contributed by atoms with Gasteiger partial charge in [0.15, 0.2) is 0 Å². The van der Waals surface area contributed by atoms with Gasteiger partial charge in [0.1, 0.15) is 0 Å². The van der Waals surface area contributed by atoms with E-state index in [1.54, 1.807) is 11.4 Å². The van der Waals surface area contributed by atoms with E-state index in [2.05, 4.69) is 5.32 Å². The average molecular weight is 274 g/mol. The van der Waals surface area contributed by atoms with Crippen molar-refractivity contribution < 1.29 is 8.42 Å². The molecule has 0 spiro atoms. The third-order valence-corrected chi connectivity index (χ3v) is 6.46. The molecule has 1 saturated carbocycles. The van der Waals surface area contributed by atoms with Crippen molar-refractivity contribution in [2.45, 2.75) is 51.0 Å². The normalized spacial score (nSPS) is 27.6. The molecule has 1 N–H and O–H groups in total. The van der Waals surface area contributed by atoms with Crippen LogP contribution in [-0.4, -0.2) is 44.7 Å². The van der Waals surface area contributed by atoms with Gasteiger partial charge in [-0.15, -0.1) is 0 Å². The Labute approximate surface area is 111 Å². The number of nitrogens with zero attached hydrogens (tertiary/aromatic N) is 1. The van der Waals surface area contributed by atoms with E-state index in [4.69, 9.17) is 0 Å². The molecule has 1 saturated heterocycles. The van der Waals surface area contributed by atoms with Gasteiger partial charge in [0.2, 0.25) is 10.0 Å². The zero-order valence-corrected chi connectivity index (χ0v) is 12.2. The van der Waals surface area contributed by atoms with Crippen LogP contribution in [0.4, 0.5) is 0 Å². The quantitative estimate of drug-likeness (QED) is 0.847. The van der Waals surface area contributed by atoms with E-state index >= 15 is 0 Å². The number of likely N-dealkylation sites (N-methyl/N-ethyl adjacent to an activating group) is 1. The molecule has 106 valence electrons. The predicted molar refractivity (Wildman–Crippen MR) is 74.0 cm³/mol. The average Bonchev–Trinajstić information content (AvgIpc) is 2.39. The molecule has 0 bridgehead atoms. The molecule has 2 fully saturated rings. The summed E-state index contributed by atoms with van der Waals surface area (Å²) in [5.74, 6) is 0.753. The summed E-state index contributed by atoms with van der Waals surface area (Å²) in [4.78, 5) is 0. The largest absolute Gasteiger partial charge is 0.315 e. The van der Waals surface area contributed by atoms with Crippen LogP contribution in [0.1, 0.15) is 44.9 Å². The number of piperidine rings is 1. The van der Waals surface area contributed by atoms with Gasteiger partial charge in [0, 0.05) is 19.6 Å². The molecule has 0 aromatic rings. The van der Waals surface area contributed by atoms with E-state index in [1.807, 2.05) is 0 Å². The summed E-state index contributed by atoms with van der Waals surface area (Å²) < 4.78 is 26.4. The van der Waals surface area contributed by atoms with Gasteiger partial charge in [-0.2, -0.15) is 0 Å². The van der Waals surface area contributed by atoms with Crippen LogP contribution in [0, 0.1) is 5.92 Å². The Morgan fingerprint density at radius 2 is 1.83 bits per heavy atom. The van der Waals surface area contributed by atoms with Crippen molar-refractivity contribution in [1.29, 1.82) is 0 Å². The van der Waals surface area contributed by atoms with Crippen LogP contribution in [0.3, 0.4) is 0 Å². The van der Waals surface area contributed by atoms with Crippen molar-refractivity contribution in [1.82, 2.24) is 9.62 Å². The minimum Gasteiger partial charge on any atom is -0.315 e. The van der Waals surface area contributed by atoms with Crippen molar-refractivity contribution >= 4 is 10.0 Å². The van der Waals surface area contributed by atoms with Crippen LogP contribution in [0.25, 0.3) is 0 Å². The fourth-order valence-electron chi connectivity index (χ4n) is 3.14. The van der Waals surface area contributed by atoms with E-state index in [0.717, 1.165) is 38.8 Å². The summed E-state index contributed by atoms with van der Waals surface area (Å²) in [6.45, 7) is 1.83. The third-order valence-electron chi connectivity index (χ3n) is 4.39. The zero-order chi connectivity index (χ0) is 13.0. The number of hydrogen-bond donors (Lipinski definition) is 1. The van der Waals surface area contributed by atoms with Gasteiger partial charge in [-0.1, -0.05) is 19.3 Å². The lowest BCUT2D eigenvalue weighted by Gasteiger charge is -2.32. The maximum Gasteiger partial charge on any atom is 0.214 e. The SMILES string of the molecule is CN(C1CCCNC1)S(=O)(=O)CC1CCCCC1. The highest BCUT2D eigenvalue weighted by atomic mass is 32.2. The monoisotopic (exact) mass is 274 g/mol. The Kier molecular flexibility index (Phi) is 5.04. The van der Waals surface area contributed by atoms with Crippen molar-refractivity contribution in [3.05, 3.63) is 0 Å². The summed E-state index contributed by atoms with van der Waals surface area (Å²) in [5, 5.41) is 3.29. The lowest BCUT2D eigenvalue weighted by molar-refractivity contribution is 0.295. The van der Waals surface area contributed by atoms with Gasteiger partial charge < -0.3 is 5.32 Å². The molecule has 1 heterocycles. The standard InChI is InChI=1S/C13H26N2O2S/c1-15(13-8-5-9-14-10-13)18(16,17)11-12-6-3-2-4-7-12/h12-14H,2-11H2,1H3. The third kappa shape index (κ3) is 3.68. The van der Waals surface area contributed by atoms with Crippen molar-refractivity contribution in [3.8, 4) is 0 Å². The Morgan fingerprint density at radius 1 is 1.11 bits per heavy atom. The van der Waals surface area contributed by atoms with Crippen LogP contribution in [0.2, 0.25) is 0 Å². The van der Waals surface area contributed by atoms with Gasteiger partial charge >= 0.3 is 0 Å². The summed E-state index contributed by atoms with van der Waals surface area (Å²) in [7, 11) is -1.31. The van der Waals surface area contributed by atoms with E-state index in [-0.39, 0.29) is 6.04 Å². The van der Waals surface area contributed by atoms with Crippen LogP contribution < -0.4 is 5.32 Å². The lowest BCUT2D eigenvalue weighted by Crippen LogP contribution is -2.47. The topological polar surface area (TPSA) is 49.4 Å². The number of sulfonamides is 1. The molecule has 0 aromatic carbocycles. The van der Waals surface area contributed by atoms with Crippen LogP contribution >= 0.6 is 0 Å². The zero-order valence-electron chi connectivity index (χ0n) is 11.4. The highest BCUT2D eigenvalue weighted by Gasteiger charge is 2.30. The fourth-order valence-corrected chi connectivity index (χ4v) is 4.94. The maximum absolute atomic E-state index is 12.4. The summed E-state index contributed by atoms with van der Waals surface area (Å²) in [6.07, 6.45) is 7.94. The van der Waals surface area contributed by atoms with Crippen molar-refractivity contribution in [2.24, 2.45) is 5.92 Å². The molecule has 1 unspecified atom stereocenters. The Morgan fingerprint density at radius 3 is 2.44 bits per heavy atom. The lowest BCUT2D eigenvalue weighted by atomic mass is 9.91. The molecule has 2 rings (SSSR count). The molecule has 18 heavy (non-hydrogen) atoms. The minimum atomic E-state index is -3.07. The molecular formula is C13H26N2O2S. The summed E-state index contributed by atoms with van der Waals surface area (Å²) in [6, 6.07) is 0.160. The molecule has 1 aliphatic heterocycles. The van der Waals surface area contributed by atoms with Gasteiger partial charge in [0.05, 0.1) is 5.75 Å². The molecule has 4 nitrogen and oxygen atoms in total. The van der Waals surface area contributed by atoms with E-state index in [0.29, 0.717) is 11.7 Å². The van der Waals surface area contributed by atoms with Crippen LogP contribution in [0.5, 0.6) is 0 Å². The first-order chi connectivity index (χ1) is 8.59. The second-order valence-electron chi connectivity index (χ2n) is 5.80. The van der Waals surface area contributed by atoms with E-state index in [1.165, 1.54) is 19.3 Å². The molecule has 1 atom stereocenters. The van der Waals surface area contributed by atoms with E-state index in [9.17, 15) is 8.42 Å². The summed E-state index contributed by atoms with van der Waals surface area (Å²) >= 11 is 0. The fraction of sp³-hybridized carbons (Fsp3) is 1.00. The Bertz CT molecular complexity index is 344. The van der Waals surface area contributed by atoms with Crippen molar-refractivity contribution in [2.75, 3.05) is 25.9 Å². The van der Waals surface area contributed by atoms with Gasteiger partial charge in [0.25, 0.3) is 0 Å². The second-order valence-corrected chi connectivity index (χ2v) is 7.87. The number of hydrogen-bond acceptors (Lipinski definition) is 3. The van der Waals surface area contributed by atoms with Crippen molar-refractivity contribution in [3.63, 3.8) is 0 Å². The molecule has 2 aliphatic rings. The molecule has 1 aliphatic carbocycles. The Balaban J connectivity index is 1.91. The first-order valence-electron chi connectivity index (χ1n) is 7.26. The van der Waals surface area contributed by atoms with Gasteiger partial charge in [-0.05, 0) is 38.1 Å². The molecule has 5 heteroatoms. The molecule has 0 amide bonds. The minimum absolute atomic E-state index is 0.160. The first-order valence-corrected chi connectivity index (χ1v) is 8.87. The number of rotatable bonds is 4. The molecule has 0 aromatic heterocycles. The van der Waals surface area contributed by atoms with Gasteiger partial charge in [-0.25, -0.2) is 12.7 Å². The Hall–Kier alpha value is -0.130. The number of nitrogens with one attached hydrogen (secondary N) is 1. The smallest absolute Gasteiger partial charge is 0.214 e. The van der Waals surface area contributed by atoms with E-state index < -0.39 is 10.0 Å². The first kappa shape index (κ1) is 14.3. The van der Waals surface area contributed by atoms with Gasteiger partial charge in [-0.3, -0.25) is 0 Å². The van der Waals surface area contributed by atoms with Crippen LogP contribution in [-0.2, 0) is 10.0 Å².